The summed E-state index contributed by atoms with van der Waals surface area (Å²) >= 11 is 0. The van der Waals surface area contributed by atoms with Crippen LogP contribution in [-0.2, 0) is 21.4 Å². The number of sulfonamides is 1. The van der Waals surface area contributed by atoms with E-state index < -0.39 is 21.9 Å². The number of nitrogens with zero attached hydrogens (tertiary/aromatic N) is 4. The number of benzene rings is 1. The van der Waals surface area contributed by atoms with Crippen LogP contribution in [0.25, 0.3) is 0 Å². The minimum Gasteiger partial charge on any atom is -0.373 e. The first-order valence-corrected chi connectivity index (χ1v) is 10.7. The number of anilines is 1. The average Bonchev–Trinajstić information content (AvgIpc) is 3.18. The van der Waals surface area contributed by atoms with Gasteiger partial charge in [-0.15, -0.1) is 0 Å². The Morgan fingerprint density at radius 3 is 2.62 bits per heavy atom. The zero-order valence-corrected chi connectivity index (χ0v) is 17.4. The summed E-state index contributed by atoms with van der Waals surface area (Å²) in [6.45, 7) is 2.09. The van der Waals surface area contributed by atoms with Crippen molar-refractivity contribution in [1.29, 1.82) is 0 Å². The Bertz CT molecular complexity index is 997. The van der Waals surface area contributed by atoms with Crippen molar-refractivity contribution >= 4 is 21.7 Å². The third-order valence-corrected chi connectivity index (χ3v) is 6.83. The summed E-state index contributed by atoms with van der Waals surface area (Å²) < 4.78 is 40.8. The van der Waals surface area contributed by atoms with Gasteiger partial charge in [-0.1, -0.05) is 0 Å². The molecule has 1 aliphatic heterocycles. The Kier molecular flexibility index (Phi) is 6.13. The summed E-state index contributed by atoms with van der Waals surface area (Å²) in [5.74, 6) is 0.337. The molecule has 10 heteroatoms. The van der Waals surface area contributed by atoms with E-state index in [1.807, 2.05) is 0 Å². The second-order valence-electron chi connectivity index (χ2n) is 6.96. The van der Waals surface area contributed by atoms with Gasteiger partial charge in [0.15, 0.2) is 0 Å². The van der Waals surface area contributed by atoms with Gasteiger partial charge >= 0.3 is 0 Å². The maximum atomic E-state index is 13.2. The zero-order valence-electron chi connectivity index (χ0n) is 16.6. The van der Waals surface area contributed by atoms with E-state index >= 15 is 0 Å². The van der Waals surface area contributed by atoms with Crippen LogP contribution in [0.5, 0.6) is 0 Å². The third-order valence-electron chi connectivity index (χ3n) is 4.91. The van der Waals surface area contributed by atoms with Gasteiger partial charge in [-0.2, -0.15) is 4.31 Å². The fourth-order valence-electron chi connectivity index (χ4n) is 3.26. The standard InChI is InChI=1S/C19H24FN5O3S/c1-13(26)24(3)12-15-11-18(21-2)23-19(22-15)17-5-4-10-25(17)29(27,28)16-8-6-14(20)7-9-16/h6-9,11,17H,4-5,10,12H2,1-3H3,(H,21,22,23)/t17-/m0/s1. The summed E-state index contributed by atoms with van der Waals surface area (Å²) in [6.07, 6.45) is 1.25. The number of halogens is 1. The van der Waals surface area contributed by atoms with Gasteiger partial charge < -0.3 is 10.2 Å². The van der Waals surface area contributed by atoms with Gasteiger partial charge in [0, 0.05) is 33.6 Å². The minimum atomic E-state index is -3.82. The molecule has 1 fully saturated rings. The largest absolute Gasteiger partial charge is 0.373 e. The van der Waals surface area contributed by atoms with E-state index in [1.54, 1.807) is 20.2 Å². The van der Waals surface area contributed by atoms with Crippen LogP contribution >= 0.6 is 0 Å². The molecular formula is C19H24FN5O3S. The van der Waals surface area contributed by atoms with Crippen LogP contribution < -0.4 is 5.32 Å². The van der Waals surface area contributed by atoms with Gasteiger partial charge in [0.2, 0.25) is 15.9 Å². The van der Waals surface area contributed by atoms with Gasteiger partial charge in [-0.3, -0.25) is 4.79 Å². The van der Waals surface area contributed by atoms with E-state index in [4.69, 9.17) is 0 Å². The van der Waals surface area contributed by atoms with Crippen molar-refractivity contribution in [3.05, 3.63) is 47.7 Å². The maximum absolute atomic E-state index is 13.2. The van der Waals surface area contributed by atoms with Gasteiger partial charge in [0.1, 0.15) is 17.5 Å². The molecule has 0 bridgehead atoms. The molecule has 0 radical (unpaired) electrons. The molecule has 29 heavy (non-hydrogen) atoms. The molecule has 156 valence electrons. The lowest BCUT2D eigenvalue weighted by Gasteiger charge is -2.24. The van der Waals surface area contributed by atoms with Crippen LogP contribution in [0.15, 0.2) is 35.2 Å². The fraction of sp³-hybridized carbons (Fsp3) is 0.421. The van der Waals surface area contributed by atoms with Crippen molar-refractivity contribution < 1.29 is 17.6 Å². The average molecular weight is 421 g/mol. The lowest BCUT2D eigenvalue weighted by Crippen LogP contribution is -2.32. The van der Waals surface area contributed by atoms with Crippen LogP contribution in [0.2, 0.25) is 0 Å². The first kappa shape index (κ1) is 21.1. The summed E-state index contributed by atoms with van der Waals surface area (Å²) in [4.78, 5) is 22.1. The predicted octanol–water partition coefficient (Wildman–Crippen LogP) is 2.16. The molecule has 1 aromatic carbocycles. The lowest BCUT2D eigenvalue weighted by atomic mass is 10.2. The molecular weight excluding hydrogens is 397 g/mol. The Morgan fingerprint density at radius 2 is 2.00 bits per heavy atom. The summed E-state index contributed by atoms with van der Waals surface area (Å²) in [5.41, 5.74) is 0.614. The van der Waals surface area contributed by atoms with Crippen LogP contribution in [-0.4, -0.2) is 54.1 Å². The van der Waals surface area contributed by atoms with Crippen LogP contribution in [0, 0.1) is 5.82 Å². The van der Waals surface area contributed by atoms with E-state index in [2.05, 4.69) is 15.3 Å². The molecule has 0 spiro atoms. The number of rotatable bonds is 6. The molecule has 1 atom stereocenters. The normalized spacial score (nSPS) is 17.3. The van der Waals surface area contributed by atoms with E-state index in [0.29, 0.717) is 36.7 Å². The van der Waals surface area contributed by atoms with Gasteiger partial charge in [-0.05, 0) is 37.1 Å². The van der Waals surface area contributed by atoms with Crippen molar-refractivity contribution in [3.8, 4) is 0 Å². The Hall–Kier alpha value is -2.59. The topological polar surface area (TPSA) is 95.5 Å². The quantitative estimate of drug-likeness (QED) is 0.768. The van der Waals surface area contributed by atoms with Gasteiger partial charge in [-0.25, -0.2) is 22.8 Å². The van der Waals surface area contributed by atoms with Crippen LogP contribution in [0.3, 0.4) is 0 Å². The molecule has 3 rings (SSSR count). The number of nitrogens with one attached hydrogen (secondary N) is 1. The second-order valence-corrected chi connectivity index (χ2v) is 8.85. The van der Waals surface area contributed by atoms with Crippen molar-refractivity contribution in [3.63, 3.8) is 0 Å². The smallest absolute Gasteiger partial charge is 0.243 e. The van der Waals surface area contributed by atoms with Crippen LogP contribution in [0.1, 0.15) is 37.3 Å². The van der Waals surface area contributed by atoms with E-state index in [9.17, 15) is 17.6 Å². The first-order valence-electron chi connectivity index (χ1n) is 9.27. The SMILES string of the molecule is CNc1cc(CN(C)C(C)=O)nc([C@@H]2CCCN2S(=O)(=O)c2ccc(F)cc2)n1. The molecule has 1 aromatic heterocycles. The number of carbonyl (C=O) groups is 1. The molecule has 0 saturated carbocycles. The number of carbonyl (C=O) groups excluding carboxylic acids is 1. The third kappa shape index (κ3) is 4.54. The first-order chi connectivity index (χ1) is 13.7. The lowest BCUT2D eigenvalue weighted by molar-refractivity contribution is -0.128. The van der Waals surface area contributed by atoms with Crippen LogP contribution in [0.4, 0.5) is 10.2 Å². The minimum absolute atomic E-state index is 0.0344. The highest BCUT2D eigenvalue weighted by Gasteiger charge is 2.38. The highest BCUT2D eigenvalue weighted by Crippen LogP contribution is 2.35. The predicted molar refractivity (Wildman–Crippen MR) is 106 cm³/mol. The Morgan fingerprint density at radius 1 is 1.31 bits per heavy atom. The second kappa shape index (κ2) is 8.42. The number of hydrogen-bond acceptors (Lipinski definition) is 6. The number of hydrogen-bond donors (Lipinski definition) is 1. The summed E-state index contributed by atoms with van der Waals surface area (Å²) in [7, 11) is -0.435. The Balaban J connectivity index is 1.96. The molecule has 1 amide bonds. The van der Waals surface area contributed by atoms with E-state index in [-0.39, 0.29) is 17.3 Å². The van der Waals surface area contributed by atoms with E-state index in [0.717, 1.165) is 12.1 Å². The number of aromatic nitrogens is 2. The maximum Gasteiger partial charge on any atom is 0.243 e. The van der Waals surface area contributed by atoms with Crippen molar-refractivity contribution in [2.75, 3.05) is 26.0 Å². The molecule has 1 N–H and O–H groups in total. The highest BCUT2D eigenvalue weighted by atomic mass is 32.2. The van der Waals surface area contributed by atoms with E-state index in [1.165, 1.54) is 28.3 Å². The van der Waals surface area contributed by atoms with Crippen molar-refractivity contribution in [2.24, 2.45) is 0 Å². The molecule has 8 nitrogen and oxygen atoms in total. The van der Waals surface area contributed by atoms with Crippen molar-refractivity contribution in [2.45, 2.75) is 37.2 Å². The molecule has 0 aliphatic carbocycles. The van der Waals surface area contributed by atoms with Crippen molar-refractivity contribution in [1.82, 2.24) is 19.2 Å². The highest BCUT2D eigenvalue weighted by molar-refractivity contribution is 7.89. The molecule has 1 aliphatic rings. The molecule has 1 saturated heterocycles. The fourth-order valence-corrected chi connectivity index (χ4v) is 4.91. The zero-order chi connectivity index (χ0) is 21.2. The molecule has 2 heterocycles. The monoisotopic (exact) mass is 421 g/mol. The Labute approximate surface area is 169 Å². The number of amides is 1. The summed E-state index contributed by atoms with van der Waals surface area (Å²) in [5, 5.41) is 2.96. The molecule has 0 unspecified atom stereocenters. The summed E-state index contributed by atoms with van der Waals surface area (Å²) in [6, 6.07) is 5.99. The van der Waals surface area contributed by atoms with Gasteiger partial charge in [0.05, 0.1) is 23.2 Å². The molecule has 2 aromatic rings. The van der Waals surface area contributed by atoms with Gasteiger partial charge in [0.25, 0.3) is 0 Å².